The molecule has 28 heavy (non-hydrogen) atoms. The fourth-order valence-electron chi connectivity index (χ4n) is 3.30. The average Bonchev–Trinajstić information content (AvgIpc) is 3.07. The van der Waals surface area contributed by atoms with Gasteiger partial charge in [0.25, 0.3) is 0 Å². The van der Waals surface area contributed by atoms with Crippen molar-refractivity contribution in [3.05, 3.63) is 71.6 Å². The van der Waals surface area contributed by atoms with Gasteiger partial charge in [-0.25, -0.2) is 9.69 Å². The molecular weight excluding hydrogens is 358 g/mol. The lowest BCUT2D eigenvalue weighted by Gasteiger charge is -2.14. The number of aryl methyl sites for hydroxylation is 1. The maximum atomic E-state index is 12.8. The predicted molar refractivity (Wildman–Crippen MR) is 103 cm³/mol. The number of hydrogen-bond donors (Lipinski definition) is 0. The third-order valence-electron chi connectivity index (χ3n) is 4.81. The molecule has 7 heteroatoms. The van der Waals surface area contributed by atoms with Crippen molar-refractivity contribution in [3.8, 4) is 0 Å². The molecule has 144 valence electrons. The van der Waals surface area contributed by atoms with Crippen molar-refractivity contribution in [2.24, 2.45) is 0 Å². The van der Waals surface area contributed by atoms with E-state index in [9.17, 15) is 19.2 Å². The second-order valence-electron chi connectivity index (χ2n) is 6.66. The van der Waals surface area contributed by atoms with E-state index in [2.05, 4.69) is 6.58 Å². The lowest BCUT2D eigenvalue weighted by Crippen LogP contribution is -2.37. The van der Waals surface area contributed by atoms with Crippen molar-refractivity contribution in [2.75, 3.05) is 13.1 Å². The number of imide groups is 2. The number of carbonyl (C=O) groups excluding carboxylic acids is 4. The van der Waals surface area contributed by atoms with Gasteiger partial charge in [0, 0.05) is 30.0 Å². The van der Waals surface area contributed by atoms with Gasteiger partial charge in [0.05, 0.1) is 6.54 Å². The minimum absolute atomic E-state index is 0.0698. The number of aromatic nitrogens is 1. The van der Waals surface area contributed by atoms with Crippen LogP contribution < -0.4 is 0 Å². The summed E-state index contributed by atoms with van der Waals surface area (Å²) < 4.78 is 2.01. The quantitative estimate of drug-likeness (QED) is 0.320. The van der Waals surface area contributed by atoms with E-state index in [1.54, 1.807) is 6.07 Å². The van der Waals surface area contributed by atoms with Crippen LogP contribution in [0.25, 0.3) is 0 Å². The molecule has 0 N–H and O–H groups in total. The van der Waals surface area contributed by atoms with Crippen molar-refractivity contribution >= 4 is 23.6 Å². The Morgan fingerprint density at radius 1 is 1.04 bits per heavy atom. The third kappa shape index (κ3) is 3.38. The van der Waals surface area contributed by atoms with Gasteiger partial charge in [-0.05, 0) is 25.5 Å². The molecule has 1 aliphatic rings. The standard InChI is InChI=1S/C21H21N3O4/c1-4-10-22-19(26)20(27)24(21(22)28)13-18(25)17-11-14(2)23(15(17)3)12-16-8-6-5-7-9-16/h4-9,11H,1,10,12-13H2,2-3H3. The first kappa shape index (κ1) is 19.3. The molecule has 0 spiro atoms. The Kier molecular flexibility index (Phi) is 5.26. The molecule has 1 fully saturated rings. The molecule has 0 aliphatic carbocycles. The number of benzene rings is 1. The highest BCUT2D eigenvalue weighted by Gasteiger charge is 2.44. The van der Waals surface area contributed by atoms with E-state index in [0.29, 0.717) is 17.0 Å². The molecule has 4 amide bonds. The van der Waals surface area contributed by atoms with Crippen LogP contribution in [0, 0.1) is 13.8 Å². The number of hydrogen-bond acceptors (Lipinski definition) is 4. The van der Waals surface area contributed by atoms with Gasteiger partial charge in [0.1, 0.15) is 0 Å². The molecule has 1 aromatic carbocycles. The summed E-state index contributed by atoms with van der Waals surface area (Å²) in [5.41, 5.74) is 3.18. The van der Waals surface area contributed by atoms with Gasteiger partial charge in [-0.1, -0.05) is 36.4 Å². The molecule has 0 unspecified atom stereocenters. The van der Waals surface area contributed by atoms with Crippen LogP contribution in [0.4, 0.5) is 4.79 Å². The number of carbonyl (C=O) groups is 4. The zero-order valence-corrected chi connectivity index (χ0v) is 15.8. The maximum absolute atomic E-state index is 12.8. The number of rotatable bonds is 7. The van der Waals surface area contributed by atoms with Gasteiger partial charge < -0.3 is 4.57 Å². The molecule has 7 nitrogen and oxygen atoms in total. The Morgan fingerprint density at radius 2 is 1.68 bits per heavy atom. The average molecular weight is 379 g/mol. The van der Waals surface area contributed by atoms with Crippen molar-refractivity contribution in [3.63, 3.8) is 0 Å². The molecule has 0 bridgehead atoms. The molecule has 2 aromatic rings. The number of urea groups is 1. The first-order chi connectivity index (χ1) is 13.3. The van der Waals surface area contributed by atoms with E-state index >= 15 is 0 Å². The fraction of sp³-hybridized carbons (Fsp3) is 0.238. The van der Waals surface area contributed by atoms with Gasteiger partial charge in [-0.15, -0.1) is 6.58 Å². The van der Waals surface area contributed by atoms with Gasteiger partial charge in [0.15, 0.2) is 5.78 Å². The Balaban J connectivity index is 1.81. The molecule has 1 saturated heterocycles. The van der Waals surface area contributed by atoms with E-state index in [-0.39, 0.29) is 12.3 Å². The SMILES string of the molecule is C=CCN1C(=O)C(=O)N(CC(=O)c2cc(C)n(Cc3ccccc3)c2C)C1=O. The highest BCUT2D eigenvalue weighted by Crippen LogP contribution is 2.20. The van der Waals surface area contributed by atoms with Crippen LogP contribution in [0.3, 0.4) is 0 Å². The van der Waals surface area contributed by atoms with Gasteiger partial charge in [-0.2, -0.15) is 0 Å². The summed E-state index contributed by atoms with van der Waals surface area (Å²) in [4.78, 5) is 50.6. The fourth-order valence-corrected chi connectivity index (χ4v) is 3.30. The molecule has 0 atom stereocenters. The summed E-state index contributed by atoms with van der Waals surface area (Å²) in [5, 5.41) is 0. The summed E-state index contributed by atoms with van der Waals surface area (Å²) >= 11 is 0. The Bertz CT molecular complexity index is 975. The lowest BCUT2D eigenvalue weighted by atomic mass is 10.1. The summed E-state index contributed by atoms with van der Waals surface area (Å²) in [6, 6.07) is 10.8. The molecule has 2 heterocycles. The number of ketones is 1. The highest BCUT2D eigenvalue weighted by atomic mass is 16.2. The van der Waals surface area contributed by atoms with Crippen LogP contribution in [0.15, 0.2) is 49.1 Å². The first-order valence-corrected chi connectivity index (χ1v) is 8.87. The zero-order valence-electron chi connectivity index (χ0n) is 15.8. The van der Waals surface area contributed by atoms with Crippen LogP contribution in [0.2, 0.25) is 0 Å². The van der Waals surface area contributed by atoms with Crippen LogP contribution in [0.1, 0.15) is 27.3 Å². The van der Waals surface area contributed by atoms with E-state index in [1.165, 1.54) is 6.08 Å². The largest absolute Gasteiger partial charge is 0.344 e. The summed E-state index contributed by atoms with van der Waals surface area (Å²) in [7, 11) is 0. The molecular formula is C21H21N3O4. The number of amides is 4. The molecule has 0 saturated carbocycles. The zero-order chi connectivity index (χ0) is 20.4. The Labute approximate surface area is 162 Å². The smallest absolute Gasteiger partial charge is 0.334 e. The molecule has 1 aromatic heterocycles. The van der Waals surface area contributed by atoms with E-state index in [0.717, 1.165) is 21.9 Å². The van der Waals surface area contributed by atoms with E-state index in [4.69, 9.17) is 0 Å². The second kappa shape index (κ2) is 7.64. The summed E-state index contributed by atoms with van der Waals surface area (Å²) in [5.74, 6) is -2.31. The minimum Gasteiger partial charge on any atom is -0.344 e. The molecule has 0 radical (unpaired) electrons. The van der Waals surface area contributed by atoms with Crippen LogP contribution in [-0.2, 0) is 16.1 Å². The Hall–Kier alpha value is -3.48. The van der Waals surface area contributed by atoms with E-state index in [1.807, 2.05) is 48.7 Å². The highest BCUT2D eigenvalue weighted by molar-refractivity contribution is 6.45. The Morgan fingerprint density at radius 3 is 2.32 bits per heavy atom. The molecule has 3 rings (SSSR count). The molecule has 1 aliphatic heterocycles. The summed E-state index contributed by atoms with van der Waals surface area (Å²) in [6.45, 7) is 7.26. The van der Waals surface area contributed by atoms with Crippen LogP contribution in [-0.4, -0.2) is 51.1 Å². The maximum Gasteiger partial charge on any atom is 0.334 e. The summed E-state index contributed by atoms with van der Waals surface area (Å²) in [6.07, 6.45) is 1.35. The third-order valence-corrected chi connectivity index (χ3v) is 4.81. The van der Waals surface area contributed by atoms with Gasteiger partial charge in [0.2, 0.25) is 0 Å². The van der Waals surface area contributed by atoms with Crippen LogP contribution in [0.5, 0.6) is 0 Å². The number of nitrogens with zero attached hydrogens (tertiary/aromatic N) is 3. The van der Waals surface area contributed by atoms with E-state index < -0.39 is 24.4 Å². The number of Topliss-reactive ketones (excluding diaryl/α,β-unsaturated/α-hetero) is 1. The topological polar surface area (TPSA) is 79.7 Å². The lowest BCUT2D eigenvalue weighted by molar-refractivity contribution is -0.142. The second-order valence-corrected chi connectivity index (χ2v) is 6.66. The van der Waals surface area contributed by atoms with Gasteiger partial charge >= 0.3 is 17.8 Å². The first-order valence-electron chi connectivity index (χ1n) is 8.87. The van der Waals surface area contributed by atoms with Crippen molar-refractivity contribution in [2.45, 2.75) is 20.4 Å². The minimum atomic E-state index is -0.988. The monoisotopic (exact) mass is 379 g/mol. The van der Waals surface area contributed by atoms with Crippen LogP contribution >= 0.6 is 0 Å². The predicted octanol–water partition coefficient (Wildman–Crippen LogP) is 2.31. The van der Waals surface area contributed by atoms with Gasteiger partial charge in [-0.3, -0.25) is 19.3 Å². The van der Waals surface area contributed by atoms with Crippen molar-refractivity contribution in [1.82, 2.24) is 14.4 Å². The van der Waals surface area contributed by atoms with Crippen molar-refractivity contribution < 1.29 is 19.2 Å². The van der Waals surface area contributed by atoms with Crippen molar-refractivity contribution in [1.29, 1.82) is 0 Å². The normalized spacial score (nSPS) is 14.1.